The second kappa shape index (κ2) is 7.30. The number of aliphatic imine (C=N–C) groups is 1. The van der Waals surface area contributed by atoms with Crippen molar-refractivity contribution in [3.63, 3.8) is 0 Å². The molecule has 1 unspecified atom stereocenters. The molecule has 0 aromatic heterocycles. The fraction of sp³-hybridized carbons (Fsp3) is 0.938. The average Bonchev–Trinajstić information content (AvgIpc) is 2.88. The van der Waals surface area contributed by atoms with Crippen LogP contribution < -0.4 is 5.32 Å². The van der Waals surface area contributed by atoms with E-state index in [9.17, 15) is 0 Å². The normalized spacial score (nSPS) is 28.9. The van der Waals surface area contributed by atoms with Gasteiger partial charge in [0.1, 0.15) is 0 Å². The molecule has 0 bridgehead atoms. The summed E-state index contributed by atoms with van der Waals surface area (Å²) in [5.74, 6) is 1.83. The fourth-order valence-corrected chi connectivity index (χ4v) is 3.06. The molecular weight excluding hydrogens is 250 g/mol. The first kappa shape index (κ1) is 15.6. The molecule has 2 saturated heterocycles. The Hall–Kier alpha value is -0.770. The predicted octanol–water partition coefficient (Wildman–Crippen LogP) is 2.50. The highest BCUT2D eigenvalue weighted by molar-refractivity contribution is 5.80. The molecule has 116 valence electrons. The van der Waals surface area contributed by atoms with E-state index < -0.39 is 0 Å². The molecule has 4 heteroatoms. The highest BCUT2D eigenvalue weighted by Gasteiger charge is 2.33. The lowest BCUT2D eigenvalue weighted by Crippen LogP contribution is -2.41. The summed E-state index contributed by atoms with van der Waals surface area (Å²) in [5.41, 5.74) is 0.467. The number of nitrogens with one attached hydrogen (secondary N) is 1. The third-order valence-corrected chi connectivity index (χ3v) is 4.89. The van der Waals surface area contributed by atoms with Crippen molar-refractivity contribution in [1.29, 1.82) is 0 Å². The van der Waals surface area contributed by atoms with Crippen molar-refractivity contribution in [2.75, 3.05) is 39.4 Å². The molecule has 0 aromatic carbocycles. The zero-order valence-electron chi connectivity index (χ0n) is 13.5. The molecule has 0 saturated carbocycles. The molecule has 0 radical (unpaired) electrons. The fourth-order valence-electron chi connectivity index (χ4n) is 3.06. The lowest BCUT2D eigenvalue weighted by Gasteiger charge is -2.26. The molecule has 0 aromatic rings. The summed E-state index contributed by atoms with van der Waals surface area (Å²) in [7, 11) is 0. The maximum Gasteiger partial charge on any atom is 0.193 e. The van der Waals surface area contributed by atoms with Crippen LogP contribution >= 0.6 is 0 Å². The third kappa shape index (κ3) is 4.11. The van der Waals surface area contributed by atoms with Crippen LogP contribution in [0.2, 0.25) is 0 Å². The molecule has 2 aliphatic rings. The Balaban J connectivity index is 1.92. The summed E-state index contributed by atoms with van der Waals surface area (Å²) in [4.78, 5) is 7.35. The number of ether oxygens (including phenoxy) is 1. The number of nitrogens with zero attached hydrogens (tertiary/aromatic N) is 2. The van der Waals surface area contributed by atoms with Gasteiger partial charge < -0.3 is 15.0 Å². The second-order valence-electron chi connectivity index (χ2n) is 6.59. The van der Waals surface area contributed by atoms with Crippen LogP contribution in [-0.2, 0) is 4.74 Å². The maximum atomic E-state index is 5.42. The number of rotatable bonds is 4. The van der Waals surface area contributed by atoms with E-state index in [4.69, 9.17) is 9.73 Å². The topological polar surface area (TPSA) is 36.9 Å². The minimum absolute atomic E-state index is 0.467. The van der Waals surface area contributed by atoms with Crippen molar-refractivity contribution in [1.82, 2.24) is 10.2 Å². The molecule has 2 aliphatic heterocycles. The van der Waals surface area contributed by atoms with Gasteiger partial charge in [-0.05, 0) is 43.9 Å². The highest BCUT2D eigenvalue weighted by Crippen LogP contribution is 2.32. The smallest absolute Gasteiger partial charge is 0.193 e. The Morgan fingerprint density at radius 3 is 2.70 bits per heavy atom. The standard InChI is InChI=1S/C16H31N3O/c1-4-16(3)8-9-19(13-16)15(17-5-2)18-12-14-6-10-20-11-7-14/h14H,4-13H2,1-3H3,(H,17,18). The van der Waals surface area contributed by atoms with Crippen LogP contribution in [0.25, 0.3) is 0 Å². The van der Waals surface area contributed by atoms with Crippen LogP contribution in [0, 0.1) is 11.3 Å². The summed E-state index contributed by atoms with van der Waals surface area (Å²) in [6.45, 7) is 12.9. The van der Waals surface area contributed by atoms with Gasteiger partial charge in [0.25, 0.3) is 0 Å². The SMILES string of the molecule is CCNC(=NCC1CCOCC1)N1CCC(C)(CC)C1. The van der Waals surface area contributed by atoms with Crippen molar-refractivity contribution in [2.24, 2.45) is 16.3 Å². The predicted molar refractivity (Wildman–Crippen MR) is 84.1 cm³/mol. The summed E-state index contributed by atoms with van der Waals surface area (Å²) in [6, 6.07) is 0. The van der Waals surface area contributed by atoms with Gasteiger partial charge >= 0.3 is 0 Å². The van der Waals surface area contributed by atoms with Gasteiger partial charge in [0.05, 0.1) is 0 Å². The van der Waals surface area contributed by atoms with Gasteiger partial charge in [-0.2, -0.15) is 0 Å². The van der Waals surface area contributed by atoms with E-state index in [0.717, 1.165) is 58.2 Å². The first-order valence-electron chi connectivity index (χ1n) is 8.28. The van der Waals surface area contributed by atoms with E-state index in [1.54, 1.807) is 0 Å². The van der Waals surface area contributed by atoms with Crippen molar-refractivity contribution >= 4 is 5.96 Å². The van der Waals surface area contributed by atoms with Crippen LogP contribution in [0.15, 0.2) is 4.99 Å². The molecule has 0 aliphatic carbocycles. The van der Waals surface area contributed by atoms with Crippen LogP contribution in [0.1, 0.15) is 46.5 Å². The molecule has 4 nitrogen and oxygen atoms in total. The van der Waals surface area contributed by atoms with E-state index in [0.29, 0.717) is 11.3 Å². The molecule has 2 rings (SSSR count). The minimum Gasteiger partial charge on any atom is -0.381 e. The zero-order chi connectivity index (χ0) is 14.4. The van der Waals surface area contributed by atoms with Gasteiger partial charge in [0.2, 0.25) is 0 Å². The monoisotopic (exact) mass is 281 g/mol. The molecule has 0 spiro atoms. The number of hydrogen-bond acceptors (Lipinski definition) is 2. The Morgan fingerprint density at radius 2 is 2.10 bits per heavy atom. The molecule has 1 atom stereocenters. The summed E-state index contributed by atoms with van der Waals surface area (Å²) in [6.07, 6.45) is 4.86. The molecule has 2 fully saturated rings. The van der Waals surface area contributed by atoms with Crippen molar-refractivity contribution in [3.05, 3.63) is 0 Å². The summed E-state index contributed by atoms with van der Waals surface area (Å²) >= 11 is 0. The summed E-state index contributed by atoms with van der Waals surface area (Å²) < 4.78 is 5.42. The van der Waals surface area contributed by atoms with E-state index in [1.165, 1.54) is 12.8 Å². The van der Waals surface area contributed by atoms with Gasteiger partial charge in [-0.1, -0.05) is 13.8 Å². The lowest BCUT2D eigenvalue weighted by atomic mass is 9.87. The molecule has 1 N–H and O–H groups in total. The Bertz CT molecular complexity index is 326. The maximum absolute atomic E-state index is 5.42. The lowest BCUT2D eigenvalue weighted by molar-refractivity contribution is 0.0688. The van der Waals surface area contributed by atoms with Crippen LogP contribution in [0.3, 0.4) is 0 Å². The third-order valence-electron chi connectivity index (χ3n) is 4.89. The van der Waals surface area contributed by atoms with Gasteiger partial charge in [0, 0.05) is 39.4 Å². The minimum atomic E-state index is 0.467. The Labute approximate surface area is 124 Å². The molecule has 0 amide bonds. The number of likely N-dealkylation sites (tertiary alicyclic amines) is 1. The average molecular weight is 281 g/mol. The van der Waals surface area contributed by atoms with Crippen LogP contribution in [0.4, 0.5) is 0 Å². The molecule has 2 heterocycles. The first-order valence-corrected chi connectivity index (χ1v) is 8.28. The van der Waals surface area contributed by atoms with Crippen molar-refractivity contribution < 1.29 is 4.74 Å². The quantitative estimate of drug-likeness (QED) is 0.635. The van der Waals surface area contributed by atoms with Crippen molar-refractivity contribution in [3.8, 4) is 0 Å². The largest absolute Gasteiger partial charge is 0.381 e. The number of guanidine groups is 1. The van der Waals surface area contributed by atoms with Crippen LogP contribution in [0.5, 0.6) is 0 Å². The molecule has 20 heavy (non-hydrogen) atoms. The second-order valence-corrected chi connectivity index (χ2v) is 6.59. The van der Waals surface area contributed by atoms with Gasteiger partial charge in [-0.3, -0.25) is 4.99 Å². The Morgan fingerprint density at radius 1 is 1.35 bits per heavy atom. The van der Waals surface area contributed by atoms with Crippen LogP contribution in [-0.4, -0.2) is 50.3 Å². The summed E-state index contributed by atoms with van der Waals surface area (Å²) in [5, 5.41) is 3.47. The van der Waals surface area contributed by atoms with E-state index in [2.05, 4.69) is 31.0 Å². The van der Waals surface area contributed by atoms with Gasteiger partial charge in [0.15, 0.2) is 5.96 Å². The highest BCUT2D eigenvalue weighted by atomic mass is 16.5. The first-order chi connectivity index (χ1) is 9.67. The Kier molecular flexibility index (Phi) is 5.70. The van der Waals surface area contributed by atoms with Gasteiger partial charge in [-0.25, -0.2) is 0 Å². The molecular formula is C16H31N3O. The number of hydrogen-bond donors (Lipinski definition) is 1. The zero-order valence-corrected chi connectivity index (χ0v) is 13.5. The van der Waals surface area contributed by atoms with Gasteiger partial charge in [-0.15, -0.1) is 0 Å². The van der Waals surface area contributed by atoms with E-state index in [-0.39, 0.29) is 0 Å². The van der Waals surface area contributed by atoms with E-state index in [1.807, 2.05) is 0 Å². The van der Waals surface area contributed by atoms with Crippen molar-refractivity contribution in [2.45, 2.75) is 46.5 Å². The van der Waals surface area contributed by atoms with E-state index >= 15 is 0 Å².